The molecule has 1 aliphatic heterocycles. The van der Waals surface area contributed by atoms with Crippen LogP contribution < -0.4 is 5.73 Å². The van der Waals surface area contributed by atoms with E-state index in [-0.39, 0.29) is 24.3 Å². The number of hydrogen-bond acceptors (Lipinski definition) is 4. The monoisotopic (exact) mass is 286 g/mol. The lowest BCUT2D eigenvalue weighted by Crippen LogP contribution is -2.49. The number of ketones is 1. The maximum atomic E-state index is 12.5. The molecule has 0 bridgehead atoms. The zero-order valence-corrected chi connectivity index (χ0v) is 11.7. The third-order valence-electron chi connectivity index (χ3n) is 4.07. The van der Waals surface area contributed by atoms with Gasteiger partial charge in [0.1, 0.15) is 11.8 Å². The van der Waals surface area contributed by atoms with Gasteiger partial charge in [0.25, 0.3) is 0 Å². The van der Waals surface area contributed by atoms with Gasteiger partial charge in [-0.2, -0.15) is 0 Å². The number of fused-ring (bicyclic) bond motifs is 1. The van der Waals surface area contributed by atoms with Crippen molar-refractivity contribution in [3.05, 3.63) is 36.1 Å². The van der Waals surface area contributed by atoms with Crippen LogP contribution in [0.25, 0.3) is 11.0 Å². The van der Waals surface area contributed by atoms with Gasteiger partial charge in [-0.25, -0.2) is 0 Å². The minimum absolute atomic E-state index is 0.0342. The number of nitrogens with two attached hydrogens (primary N) is 1. The number of para-hydroxylation sites is 1. The first-order valence-electron chi connectivity index (χ1n) is 7.19. The summed E-state index contributed by atoms with van der Waals surface area (Å²) in [5, 5.41) is 0.815. The topological polar surface area (TPSA) is 76.5 Å². The van der Waals surface area contributed by atoms with Gasteiger partial charge in [0.2, 0.25) is 5.91 Å². The Morgan fingerprint density at radius 1 is 1.29 bits per heavy atom. The minimum atomic E-state index is -0.348. The molecular formula is C16H18N2O3. The Kier molecular flexibility index (Phi) is 3.75. The highest BCUT2D eigenvalue weighted by Crippen LogP contribution is 2.23. The second-order valence-electron chi connectivity index (χ2n) is 5.45. The summed E-state index contributed by atoms with van der Waals surface area (Å²) in [6, 6.07) is 7.11. The van der Waals surface area contributed by atoms with E-state index in [2.05, 4.69) is 0 Å². The van der Waals surface area contributed by atoms with Crippen LogP contribution in [-0.4, -0.2) is 35.7 Å². The lowest BCUT2D eigenvalue weighted by molar-refractivity contribution is -0.124. The molecule has 0 saturated carbocycles. The number of rotatable bonds is 4. The van der Waals surface area contributed by atoms with Gasteiger partial charge in [0.15, 0.2) is 5.78 Å². The SMILES string of the molecule is NC(=O)C1CCCCN1CC(=O)c1coc2ccccc12. The molecule has 1 aliphatic rings. The highest BCUT2D eigenvalue weighted by Gasteiger charge is 2.29. The third kappa shape index (κ3) is 2.69. The number of carbonyl (C=O) groups is 2. The predicted octanol–water partition coefficient (Wildman–Crippen LogP) is 1.96. The van der Waals surface area contributed by atoms with Crippen LogP contribution in [0.15, 0.2) is 34.9 Å². The molecule has 1 amide bonds. The summed E-state index contributed by atoms with van der Waals surface area (Å²) in [5.41, 5.74) is 6.70. The number of piperidine rings is 1. The van der Waals surface area contributed by atoms with Crippen LogP contribution in [-0.2, 0) is 4.79 Å². The van der Waals surface area contributed by atoms with Crippen molar-refractivity contribution in [2.24, 2.45) is 5.73 Å². The number of carbonyl (C=O) groups excluding carboxylic acids is 2. The van der Waals surface area contributed by atoms with Crippen molar-refractivity contribution in [1.29, 1.82) is 0 Å². The number of hydrogen-bond donors (Lipinski definition) is 1. The molecule has 1 saturated heterocycles. The van der Waals surface area contributed by atoms with Crippen molar-refractivity contribution >= 4 is 22.7 Å². The van der Waals surface area contributed by atoms with Crippen LogP contribution in [0, 0.1) is 0 Å². The van der Waals surface area contributed by atoms with Gasteiger partial charge in [-0.05, 0) is 25.5 Å². The molecule has 110 valence electrons. The number of benzene rings is 1. The smallest absolute Gasteiger partial charge is 0.234 e. The summed E-state index contributed by atoms with van der Waals surface area (Å²) in [7, 11) is 0. The Labute approximate surface area is 122 Å². The Bertz CT molecular complexity index is 677. The summed E-state index contributed by atoms with van der Waals surface area (Å²) in [4.78, 5) is 25.9. The molecule has 0 spiro atoms. The second kappa shape index (κ2) is 5.69. The average Bonchev–Trinajstić information content (AvgIpc) is 2.91. The van der Waals surface area contributed by atoms with Gasteiger partial charge in [0, 0.05) is 5.39 Å². The molecule has 2 aromatic rings. The van der Waals surface area contributed by atoms with Crippen LogP contribution >= 0.6 is 0 Å². The summed E-state index contributed by atoms with van der Waals surface area (Å²) in [5.74, 6) is -0.382. The zero-order chi connectivity index (χ0) is 14.8. The number of Topliss-reactive ketones (excluding diaryl/α,β-unsaturated/α-hetero) is 1. The fraction of sp³-hybridized carbons (Fsp3) is 0.375. The third-order valence-corrected chi connectivity index (χ3v) is 4.07. The molecule has 0 aliphatic carbocycles. The minimum Gasteiger partial charge on any atom is -0.464 e. The summed E-state index contributed by atoms with van der Waals surface area (Å²) in [6.45, 7) is 0.937. The Hall–Kier alpha value is -2.14. The Balaban J connectivity index is 1.80. The van der Waals surface area contributed by atoms with E-state index < -0.39 is 0 Å². The molecule has 2 heterocycles. The van der Waals surface area contributed by atoms with E-state index in [4.69, 9.17) is 10.2 Å². The second-order valence-corrected chi connectivity index (χ2v) is 5.45. The van der Waals surface area contributed by atoms with E-state index in [1.54, 1.807) is 0 Å². The standard InChI is InChI=1S/C16H18N2O3/c17-16(20)13-6-3-4-8-18(13)9-14(19)12-10-21-15-7-2-1-5-11(12)15/h1-2,5,7,10,13H,3-4,6,8-9H2,(H2,17,20). The molecule has 5 nitrogen and oxygen atoms in total. The van der Waals surface area contributed by atoms with Gasteiger partial charge < -0.3 is 10.2 Å². The van der Waals surface area contributed by atoms with Crippen LogP contribution in [0.2, 0.25) is 0 Å². The fourth-order valence-corrected chi connectivity index (χ4v) is 2.97. The number of primary amides is 1. The molecule has 1 atom stereocenters. The van der Waals surface area contributed by atoms with Gasteiger partial charge in [-0.15, -0.1) is 0 Å². The highest BCUT2D eigenvalue weighted by molar-refractivity contribution is 6.08. The number of amides is 1. The quantitative estimate of drug-likeness (QED) is 0.872. The van der Waals surface area contributed by atoms with Crippen molar-refractivity contribution in [1.82, 2.24) is 4.90 Å². The predicted molar refractivity (Wildman–Crippen MR) is 79.0 cm³/mol. The summed E-state index contributed by atoms with van der Waals surface area (Å²) >= 11 is 0. The van der Waals surface area contributed by atoms with E-state index in [1.165, 1.54) is 6.26 Å². The van der Waals surface area contributed by atoms with Crippen LogP contribution in [0.5, 0.6) is 0 Å². The van der Waals surface area contributed by atoms with Gasteiger partial charge in [0.05, 0.1) is 18.2 Å². The Morgan fingerprint density at radius 3 is 2.90 bits per heavy atom. The number of furan rings is 1. The lowest BCUT2D eigenvalue weighted by atomic mass is 10.0. The van der Waals surface area contributed by atoms with Gasteiger partial charge in [-0.1, -0.05) is 24.6 Å². The van der Waals surface area contributed by atoms with E-state index in [0.29, 0.717) is 11.1 Å². The molecule has 1 aromatic heterocycles. The average molecular weight is 286 g/mol. The lowest BCUT2D eigenvalue weighted by Gasteiger charge is -2.32. The highest BCUT2D eigenvalue weighted by atomic mass is 16.3. The van der Waals surface area contributed by atoms with Gasteiger partial charge in [-0.3, -0.25) is 14.5 Å². The largest absolute Gasteiger partial charge is 0.464 e. The molecule has 1 aromatic carbocycles. The fourth-order valence-electron chi connectivity index (χ4n) is 2.97. The zero-order valence-electron chi connectivity index (χ0n) is 11.7. The van der Waals surface area contributed by atoms with Crippen molar-refractivity contribution in [2.75, 3.05) is 13.1 Å². The van der Waals surface area contributed by atoms with Crippen molar-refractivity contribution in [3.63, 3.8) is 0 Å². The maximum absolute atomic E-state index is 12.5. The van der Waals surface area contributed by atoms with Crippen LogP contribution in [0.4, 0.5) is 0 Å². The molecule has 21 heavy (non-hydrogen) atoms. The van der Waals surface area contributed by atoms with E-state index >= 15 is 0 Å². The summed E-state index contributed by atoms with van der Waals surface area (Å²) in [6.07, 6.45) is 4.20. The molecule has 1 unspecified atom stereocenters. The molecular weight excluding hydrogens is 268 g/mol. The molecule has 1 fully saturated rings. The van der Waals surface area contributed by atoms with E-state index in [0.717, 1.165) is 31.2 Å². The summed E-state index contributed by atoms with van der Waals surface area (Å²) < 4.78 is 5.40. The molecule has 0 radical (unpaired) electrons. The van der Waals surface area contributed by atoms with Crippen LogP contribution in [0.3, 0.4) is 0 Å². The molecule has 5 heteroatoms. The first-order valence-corrected chi connectivity index (χ1v) is 7.19. The first kappa shape index (κ1) is 13.8. The Morgan fingerprint density at radius 2 is 2.10 bits per heavy atom. The van der Waals surface area contributed by atoms with Crippen molar-refractivity contribution < 1.29 is 14.0 Å². The first-order chi connectivity index (χ1) is 10.2. The van der Waals surface area contributed by atoms with E-state index in [9.17, 15) is 9.59 Å². The van der Waals surface area contributed by atoms with Gasteiger partial charge >= 0.3 is 0 Å². The van der Waals surface area contributed by atoms with E-state index in [1.807, 2.05) is 29.2 Å². The van der Waals surface area contributed by atoms with Crippen molar-refractivity contribution in [3.8, 4) is 0 Å². The number of nitrogens with zero attached hydrogens (tertiary/aromatic N) is 1. The molecule has 2 N–H and O–H groups in total. The van der Waals surface area contributed by atoms with Crippen molar-refractivity contribution in [2.45, 2.75) is 25.3 Å². The molecule has 3 rings (SSSR count). The maximum Gasteiger partial charge on any atom is 0.234 e. The normalized spacial score (nSPS) is 19.7. The van der Waals surface area contributed by atoms with Crippen LogP contribution in [0.1, 0.15) is 29.6 Å². The number of likely N-dealkylation sites (tertiary alicyclic amines) is 1.